The number of aryl methyl sites for hydroxylation is 1. The molecule has 1 heterocycles. The van der Waals surface area contributed by atoms with E-state index in [1.165, 1.54) is 7.11 Å². The van der Waals surface area contributed by atoms with Crippen molar-refractivity contribution in [3.05, 3.63) is 32.9 Å². The minimum atomic E-state index is -0.233. The Morgan fingerprint density at radius 3 is 2.52 bits per heavy atom. The summed E-state index contributed by atoms with van der Waals surface area (Å²) in [6, 6.07) is 5.79. The lowest BCUT2D eigenvalue weighted by Gasteiger charge is -2.34. The Labute approximate surface area is 138 Å². The summed E-state index contributed by atoms with van der Waals surface area (Å²) in [7, 11) is 1.39. The fraction of sp³-hybridized carbons (Fsp3) is 0.467. The molecule has 0 unspecified atom stereocenters. The first-order valence-corrected chi connectivity index (χ1v) is 7.94. The van der Waals surface area contributed by atoms with E-state index in [4.69, 9.17) is 0 Å². The van der Waals surface area contributed by atoms with Crippen LogP contribution in [0.3, 0.4) is 0 Å². The van der Waals surface area contributed by atoms with E-state index in [-0.39, 0.29) is 11.9 Å². The van der Waals surface area contributed by atoms with E-state index in [1.807, 2.05) is 34.9 Å². The molecule has 1 aromatic rings. The van der Waals surface area contributed by atoms with Crippen LogP contribution in [0.1, 0.15) is 15.9 Å². The van der Waals surface area contributed by atoms with Gasteiger partial charge in [-0.15, -0.1) is 0 Å². The molecular formula is C15H19IN2O3. The van der Waals surface area contributed by atoms with Crippen molar-refractivity contribution in [2.24, 2.45) is 0 Å². The van der Waals surface area contributed by atoms with Gasteiger partial charge in [-0.2, -0.15) is 0 Å². The molecule has 0 saturated carbocycles. The molecule has 1 saturated heterocycles. The molecule has 2 rings (SSSR count). The molecule has 0 aliphatic carbocycles. The summed E-state index contributed by atoms with van der Waals surface area (Å²) < 4.78 is 5.67. The van der Waals surface area contributed by atoms with Crippen LogP contribution < -0.4 is 0 Å². The van der Waals surface area contributed by atoms with Crippen molar-refractivity contribution in [1.29, 1.82) is 0 Å². The molecule has 5 nitrogen and oxygen atoms in total. The van der Waals surface area contributed by atoms with Crippen molar-refractivity contribution < 1.29 is 14.3 Å². The van der Waals surface area contributed by atoms with Crippen LogP contribution in [0, 0.1) is 10.5 Å². The Morgan fingerprint density at radius 1 is 1.24 bits per heavy atom. The number of hydrogen-bond acceptors (Lipinski definition) is 4. The summed E-state index contributed by atoms with van der Waals surface area (Å²) in [6.45, 7) is 4.97. The highest BCUT2D eigenvalue weighted by Crippen LogP contribution is 2.19. The highest BCUT2D eigenvalue weighted by Gasteiger charge is 2.24. The van der Waals surface area contributed by atoms with E-state index in [2.05, 4.69) is 27.3 Å². The fourth-order valence-corrected chi connectivity index (χ4v) is 2.93. The van der Waals surface area contributed by atoms with E-state index in [9.17, 15) is 9.59 Å². The highest BCUT2D eigenvalue weighted by atomic mass is 127. The standard InChI is InChI=1S/C15H19IN2O3/c1-11-4-3-5-12(14(11)16)15(20)18-8-6-17(7-9-18)10-13(19)21-2/h3-5H,6-10H2,1-2H3. The minimum absolute atomic E-state index is 0.0702. The second-order valence-electron chi connectivity index (χ2n) is 5.08. The molecule has 21 heavy (non-hydrogen) atoms. The predicted octanol–water partition coefficient (Wildman–Crippen LogP) is 1.53. The van der Waals surface area contributed by atoms with Gasteiger partial charge in [-0.05, 0) is 41.1 Å². The number of piperazine rings is 1. The lowest BCUT2D eigenvalue weighted by molar-refractivity contribution is -0.142. The molecule has 1 amide bonds. The quantitative estimate of drug-likeness (QED) is 0.569. The van der Waals surface area contributed by atoms with Crippen LogP contribution in [0.15, 0.2) is 18.2 Å². The molecule has 0 N–H and O–H groups in total. The van der Waals surface area contributed by atoms with Crippen LogP contribution in [0.2, 0.25) is 0 Å². The third-order valence-corrected chi connectivity index (χ3v) is 5.09. The number of esters is 1. The number of ether oxygens (including phenoxy) is 1. The number of halogens is 1. The zero-order chi connectivity index (χ0) is 15.4. The summed E-state index contributed by atoms with van der Waals surface area (Å²) >= 11 is 2.22. The molecule has 1 aliphatic rings. The molecule has 6 heteroatoms. The molecule has 1 aliphatic heterocycles. The van der Waals surface area contributed by atoms with Crippen LogP contribution in [0.25, 0.3) is 0 Å². The van der Waals surface area contributed by atoms with E-state index in [1.54, 1.807) is 0 Å². The van der Waals surface area contributed by atoms with Gasteiger partial charge in [0.25, 0.3) is 5.91 Å². The van der Waals surface area contributed by atoms with Gasteiger partial charge in [0.1, 0.15) is 0 Å². The van der Waals surface area contributed by atoms with Gasteiger partial charge in [0, 0.05) is 29.7 Å². The van der Waals surface area contributed by atoms with Gasteiger partial charge >= 0.3 is 5.97 Å². The van der Waals surface area contributed by atoms with E-state index in [0.717, 1.165) is 14.7 Å². The normalized spacial score (nSPS) is 15.9. The Morgan fingerprint density at radius 2 is 1.90 bits per heavy atom. The van der Waals surface area contributed by atoms with Gasteiger partial charge in [-0.1, -0.05) is 12.1 Å². The Kier molecular flexibility index (Phi) is 5.58. The maximum absolute atomic E-state index is 12.6. The fourth-order valence-electron chi connectivity index (χ4n) is 2.34. The lowest BCUT2D eigenvalue weighted by atomic mass is 10.1. The van der Waals surface area contributed by atoms with Crippen molar-refractivity contribution in [3.63, 3.8) is 0 Å². The van der Waals surface area contributed by atoms with E-state index < -0.39 is 0 Å². The average molecular weight is 402 g/mol. The van der Waals surface area contributed by atoms with Crippen molar-refractivity contribution in [2.75, 3.05) is 39.8 Å². The molecule has 0 spiro atoms. The molecular weight excluding hydrogens is 383 g/mol. The first kappa shape index (κ1) is 16.2. The molecule has 0 bridgehead atoms. The molecule has 0 atom stereocenters. The number of carbonyl (C=O) groups excluding carboxylic acids is 2. The van der Waals surface area contributed by atoms with Crippen molar-refractivity contribution in [3.8, 4) is 0 Å². The van der Waals surface area contributed by atoms with Gasteiger partial charge in [-0.3, -0.25) is 14.5 Å². The van der Waals surface area contributed by atoms with Gasteiger partial charge in [-0.25, -0.2) is 0 Å². The monoisotopic (exact) mass is 402 g/mol. The zero-order valence-electron chi connectivity index (χ0n) is 12.3. The minimum Gasteiger partial charge on any atom is -0.468 e. The lowest BCUT2D eigenvalue weighted by Crippen LogP contribution is -2.50. The van der Waals surface area contributed by atoms with E-state index in [0.29, 0.717) is 32.7 Å². The number of carbonyl (C=O) groups is 2. The summed E-state index contributed by atoms with van der Waals surface area (Å²) in [5.41, 5.74) is 1.88. The Hall–Kier alpha value is -1.15. The van der Waals surface area contributed by atoms with Gasteiger partial charge in [0.05, 0.1) is 19.2 Å². The van der Waals surface area contributed by atoms with Crippen LogP contribution in [0.4, 0.5) is 0 Å². The maximum Gasteiger partial charge on any atom is 0.319 e. The van der Waals surface area contributed by atoms with Gasteiger partial charge in [0.15, 0.2) is 0 Å². The Bertz CT molecular complexity index is 540. The third kappa shape index (κ3) is 3.94. The second kappa shape index (κ2) is 7.22. The molecule has 114 valence electrons. The van der Waals surface area contributed by atoms with Crippen LogP contribution in [-0.2, 0) is 9.53 Å². The molecule has 1 aromatic carbocycles. The first-order chi connectivity index (χ1) is 10.0. The first-order valence-electron chi connectivity index (χ1n) is 6.86. The summed E-state index contributed by atoms with van der Waals surface area (Å²) in [4.78, 5) is 27.7. The SMILES string of the molecule is COC(=O)CN1CCN(C(=O)c2cccc(C)c2I)CC1. The predicted molar refractivity (Wildman–Crippen MR) is 88.3 cm³/mol. The van der Waals surface area contributed by atoms with Crippen LogP contribution >= 0.6 is 22.6 Å². The van der Waals surface area contributed by atoms with Crippen molar-refractivity contribution >= 4 is 34.5 Å². The van der Waals surface area contributed by atoms with Gasteiger partial charge < -0.3 is 9.64 Å². The zero-order valence-corrected chi connectivity index (χ0v) is 14.4. The summed E-state index contributed by atoms with van der Waals surface area (Å²) in [5.74, 6) is -0.163. The molecule has 0 radical (unpaired) electrons. The highest BCUT2D eigenvalue weighted by molar-refractivity contribution is 14.1. The van der Waals surface area contributed by atoms with Crippen LogP contribution in [0.5, 0.6) is 0 Å². The topological polar surface area (TPSA) is 49.9 Å². The number of benzene rings is 1. The largest absolute Gasteiger partial charge is 0.468 e. The summed E-state index contributed by atoms with van der Waals surface area (Å²) in [5, 5.41) is 0. The summed E-state index contributed by atoms with van der Waals surface area (Å²) in [6.07, 6.45) is 0. The van der Waals surface area contributed by atoms with Crippen molar-refractivity contribution in [1.82, 2.24) is 9.80 Å². The number of methoxy groups -OCH3 is 1. The molecule has 1 fully saturated rings. The van der Waals surface area contributed by atoms with Crippen molar-refractivity contribution in [2.45, 2.75) is 6.92 Å². The number of rotatable bonds is 3. The maximum atomic E-state index is 12.6. The third-order valence-electron chi connectivity index (χ3n) is 3.66. The smallest absolute Gasteiger partial charge is 0.319 e. The Balaban J connectivity index is 1.97. The second-order valence-corrected chi connectivity index (χ2v) is 6.16. The number of hydrogen-bond donors (Lipinski definition) is 0. The average Bonchev–Trinajstić information content (AvgIpc) is 2.50. The van der Waals surface area contributed by atoms with Gasteiger partial charge in [0.2, 0.25) is 0 Å². The number of amides is 1. The van der Waals surface area contributed by atoms with Crippen LogP contribution in [-0.4, -0.2) is 61.5 Å². The molecule has 0 aromatic heterocycles. The number of nitrogens with zero attached hydrogens (tertiary/aromatic N) is 2. The van der Waals surface area contributed by atoms with E-state index >= 15 is 0 Å².